The Morgan fingerprint density at radius 3 is 2.56 bits per heavy atom. The van der Waals surface area contributed by atoms with Crippen molar-refractivity contribution < 1.29 is 4.79 Å². The van der Waals surface area contributed by atoms with Crippen molar-refractivity contribution in [2.24, 2.45) is 5.41 Å². The van der Waals surface area contributed by atoms with E-state index in [2.05, 4.69) is 23.6 Å². The van der Waals surface area contributed by atoms with Gasteiger partial charge in [-0.05, 0) is 45.4 Å². The topological polar surface area (TPSA) is 41.1 Å². The quantitative estimate of drug-likeness (QED) is 0.857. The molecule has 2 N–H and O–H groups in total. The summed E-state index contributed by atoms with van der Waals surface area (Å²) in [5, 5.41) is 6.23. The molecule has 1 aromatic carbocycles. The van der Waals surface area contributed by atoms with Gasteiger partial charge in [-0.2, -0.15) is 0 Å². The van der Waals surface area contributed by atoms with Crippen LogP contribution in [-0.4, -0.2) is 19.5 Å². The number of rotatable bonds is 4. The molecule has 1 amide bonds. The molecule has 0 spiro atoms. The molecule has 0 heterocycles. The molecule has 0 saturated heterocycles. The first-order chi connectivity index (χ1) is 8.57. The third-order valence-corrected chi connectivity index (χ3v) is 3.94. The predicted molar refractivity (Wildman–Crippen MR) is 74.8 cm³/mol. The van der Waals surface area contributed by atoms with E-state index in [1.54, 1.807) is 0 Å². The van der Waals surface area contributed by atoms with Crippen LogP contribution in [0.1, 0.15) is 30.4 Å². The Labute approximate surface area is 109 Å². The Hall–Kier alpha value is -1.35. The molecule has 0 aromatic heterocycles. The largest absolute Gasteiger partial charge is 0.325 e. The summed E-state index contributed by atoms with van der Waals surface area (Å²) in [6.45, 7) is 4.87. The van der Waals surface area contributed by atoms with Crippen molar-refractivity contribution in [3.05, 3.63) is 29.3 Å². The van der Waals surface area contributed by atoms with Crippen molar-refractivity contribution in [2.75, 3.05) is 18.9 Å². The lowest BCUT2D eigenvalue weighted by molar-refractivity contribution is -0.129. The third kappa shape index (κ3) is 2.41. The lowest BCUT2D eigenvalue weighted by Gasteiger charge is -2.40. The van der Waals surface area contributed by atoms with E-state index in [0.717, 1.165) is 37.1 Å². The average molecular weight is 246 g/mol. The summed E-state index contributed by atoms with van der Waals surface area (Å²) >= 11 is 0. The van der Waals surface area contributed by atoms with Crippen LogP contribution < -0.4 is 10.6 Å². The van der Waals surface area contributed by atoms with E-state index >= 15 is 0 Å². The number of aryl methyl sites for hydroxylation is 2. The van der Waals surface area contributed by atoms with Crippen LogP contribution in [0.4, 0.5) is 5.69 Å². The Balaban J connectivity index is 2.11. The SMILES string of the molecule is CNCC1(C(=O)Nc2ccc(C)cc2C)CCC1. The van der Waals surface area contributed by atoms with Gasteiger partial charge in [0.2, 0.25) is 5.91 Å². The third-order valence-electron chi connectivity index (χ3n) is 3.94. The van der Waals surface area contributed by atoms with Gasteiger partial charge in [-0.15, -0.1) is 0 Å². The highest BCUT2D eigenvalue weighted by Crippen LogP contribution is 2.41. The van der Waals surface area contributed by atoms with Gasteiger partial charge < -0.3 is 10.6 Å². The zero-order valence-corrected chi connectivity index (χ0v) is 11.5. The summed E-state index contributed by atoms with van der Waals surface area (Å²) in [6.07, 6.45) is 3.14. The molecule has 98 valence electrons. The van der Waals surface area contributed by atoms with Gasteiger partial charge in [-0.3, -0.25) is 4.79 Å². The minimum atomic E-state index is -0.188. The fraction of sp³-hybridized carbons (Fsp3) is 0.533. The number of anilines is 1. The lowest BCUT2D eigenvalue weighted by Crippen LogP contribution is -2.48. The van der Waals surface area contributed by atoms with Crippen molar-refractivity contribution in [1.29, 1.82) is 0 Å². The number of hydrogen-bond donors (Lipinski definition) is 2. The predicted octanol–water partition coefficient (Wildman–Crippen LogP) is 2.63. The van der Waals surface area contributed by atoms with Gasteiger partial charge in [0.25, 0.3) is 0 Å². The van der Waals surface area contributed by atoms with Crippen LogP contribution >= 0.6 is 0 Å². The summed E-state index contributed by atoms with van der Waals surface area (Å²) in [5.74, 6) is 0.162. The minimum absolute atomic E-state index is 0.162. The van der Waals surface area contributed by atoms with Crippen LogP contribution in [0.25, 0.3) is 0 Å². The second-order valence-corrected chi connectivity index (χ2v) is 5.44. The molecule has 3 nitrogen and oxygen atoms in total. The van der Waals surface area contributed by atoms with Gasteiger partial charge in [-0.25, -0.2) is 0 Å². The molecule has 0 unspecified atom stereocenters. The Morgan fingerprint density at radius 2 is 2.06 bits per heavy atom. The highest BCUT2D eigenvalue weighted by atomic mass is 16.2. The fourth-order valence-corrected chi connectivity index (χ4v) is 2.63. The molecule has 3 heteroatoms. The van der Waals surface area contributed by atoms with Gasteiger partial charge in [0.05, 0.1) is 5.41 Å². The van der Waals surface area contributed by atoms with Crippen molar-refractivity contribution in [2.45, 2.75) is 33.1 Å². The number of amides is 1. The van der Waals surface area contributed by atoms with Crippen LogP contribution in [0, 0.1) is 19.3 Å². The van der Waals surface area contributed by atoms with E-state index in [1.807, 2.05) is 26.1 Å². The summed E-state index contributed by atoms with van der Waals surface area (Å²) in [6, 6.07) is 6.13. The summed E-state index contributed by atoms with van der Waals surface area (Å²) < 4.78 is 0. The molecule has 1 fully saturated rings. The summed E-state index contributed by atoms with van der Waals surface area (Å²) in [4.78, 5) is 12.4. The molecule has 1 saturated carbocycles. The van der Waals surface area contributed by atoms with Gasteiger partial charge in [0.1, 0.15) is 0 Å². The van der Waals surface area contributed by atoms with E-state index in [4.69, 9.17) is 0 Å². The summed E-state index contributed by atoms with van der Waals surface area (Å²) in [7, 11) is 1.91. The number of carbonyl (C=O) groups excluding carboxylic acids is 1. The molecule has 18 heavy (non-hydrogen) atoms. The number of hydrogen-bond acceptors (Lipinski definition) is 2. The molecular formula is C15H22N2O. The Kier molecular flexibility index (Phi) is 3.71. The van der Waals surface area contributed by atoms with Crippen molar-refractivity contribution >= 4 is 11.6 Å². The van der Waals surface area contributed by atoms with Crippen LogP contribution in [0.5, 0.6) is 0 Å². The maximum atomic E-state index is 12.4. The van der Waals surface area contributed by atoms with E-state index in [0.29, 0.717) is 0 Å². The number of carbonyl (C=O) groups is 1. The summed E-state index contributed by atoms with van der Waals surface area (Å²) in [5.41, 5.74) is 3.10. The smallest absolute Gasteiger partial charge is 0.231 e. The van der Waals surface area contributed by atoms with Gasteiger partial charge >= 0.3 is 0 Å². The average Bonchev–Trinajstić information content (AvgIpc) is 2.27. The van der Waals surface area contributed by atoms with Crippen LogP contribution in [0.3, 0.4) is 0 Å². The highest BCUT2D eigenvalue weighted by molar-refractivity contribution is 5.96. The standard InChI is InChI=1S/C15H22N2O/c1-11-5-6-13(12(2)9-11)17-14(18)15(10-16-3)7-4-8-15/h5-6,9,16H,4,7-8,10H2,1-3H3,(H,17,18). The first-order valence-electron chi connectivity index (χ1n) is 6.61. The van der Waals surface area contributed by atoms with E-state index in [9.17, 15) is 4.79 Å². The van der Waals surface area contributed by atoms with Gasteiger partial charge in [0, 0.05) is 12.2 Å². The molecule has 1 aromatic rings. The molecule has 2 rings (SSSR count). The molecule has 0 atom stereocenters. The monoisotopic (exact) mass is 246 g/mol. The molecule has 1 aliphatic carbocycles. The first-order valence-corrected chi connectivity index (χ1v) is 6.61. The Bertz CT molecular complexity index is 450. The zero-order valence-electron chi connectivity index (χ0n) is 11.5. The van der Waals surface area contributed by atoms with E-state index in [1.165, 1.54) is 5.56 Å². The molecule has 0 radical (unpaired) electrons. The highest BCUT2D eigenvalue weighted by Gasteiger charge is 2.43. The van der Waals surface area contributed by atoms with Gasteiger partial charge in [0.15, 0.2) is 0 Å². The normalized spacial score (nSPS) is 17.1. The molecule has 0 bridgehead atoms. The number of nitrogens with one attached hydrogen (secondary N) is 2. The van der Waals surface area contributed by atoms with E-state index < -0.39 is 0 Å². The van der Waals surface area contributed by atoms with Crippen molar-refractivity contribution in [3.63, 3.8) is 0 Å². The minimum Gasteiger partial charge on any atom is -0.325 e. The maximum absolute atomic E-state index is 12.4. The molecular weight excluding hydrogens is 224 g/mol. The molecule has 1 aliphatic rings. The van der Waals surface area contributed by atoms with Crippen LogP contribution in [0.15, 0.2) is 18.2 Å². The second kappa shape index (κ2) is 5.11. The fourth-order valence-electron chi connectivity index (χ4n) is 2.63. The number of benzene rings is 1. The maximum Gasteiger partial charge on any atom is 0.231 e. The van der Waals surface area contributed by atoms with Crippen molar-refractivity contribution in [1.82, 2.24) is 5.32 Å². The van der Waals surface area contributed by atoms with Gasteiger partial charge in [-0.1, -0.05) is 24.1 Å². The lowest BCUT2D eigenvalue weighted by atomic mass is 9.68. The first kappa shape index (κ1) is 13.1. The Morgan fingerprint density at radius 1 is 1.33 bits per heavy atom. The van der Waals surface area contributed by atoms with Crippen LogP contribution in [-0.2, 0) is 4.79 Å². The molecule has 0 aliphatic heterocycles. The second-order valence-electron chi connectivity index (χ2n) is 5.44. The van der Waals surface area contributed by atoms with Crippen LogP contribution in [0.2, 0.25) is 0 Å². The van der Waals surface area contributed by atoms with E-state index in [-0.39, 0.29) is 11.3 Å². The van der Waals surface area contributed by atoms with Crippen molar-refractivity contribution in [3.8, 4) is 0 Å². The zero-order chi connectivity index (χ0) is 13.2.